The Balaban J connectivity index is 2.45. The summed E-state index contributed by atoms with van der Waals surface area (Å²) in [5.74, 6) is -0.632. The van der Waals surface area contributed by atoms with Crippen LogP contribution in [0.3, 0.4) is 0 Å². The van der Waals surface area contributed by atoms with Crippen molar-refractivity contribution in [3.05, 3.63) is 12.7 Å². The van der Waals surface area contributed by atoms with Crippen LogP contribution in [0.2, 0.25) is 0 Å². The molecular formula is C13H21NO4. The molecule has 1 heterocycles. The number of carbonyl (C=O) groups excluding carboxylic acids is 2. The Labute approximate surface area is 108 Å². The van der Waals surface area contributed by atoms with E-state index in [0.717, 1.165) is 19.3 Å². The molecule has 1 aliphatic rings. The molecule has 0 aliphatic carbocycles. The van der Waals surface area contributed by atoms with Crippen LogP contribution in [-0.2, 0) is 19.1 Å². The molecule has 0 unspecified atom stereocenters. The standard InChI is InChI=1S/C13H21NO4/c1-3-4-5-7-10(13(16)17-2)14-12(15)11-8-6-9-18-11/h3,10-11H,1,4-9H2,2H3,(H,14,15)/t10-,11+/m0/s1. The molecule has 18 heavy (non-hydrogen) atoms. The summed E-state index contributed by atoms with van der Waals surface area (Å²) in [6.45, 7) is 4.23. The molecule has 1 N–H and O–H groups in total. The summed E-state index contributed by atoms with van der Waals surface area (Å²) in [6.07, 6.45) is 5.12. The van der Waals surface area contributed by atoms with E-state index in [1.807, 2.05) is 0 Å². The zero-order valence-corrected chi connectivity index (χ0v) is 10.8. The normalized spacial score (nSPS) is 20.2. The van der Waals surface area contributed by atoms with E-state index < -0.39 is 18.1 Å². The van der Waals surface area contributed by atoms with E-state index >= 15 is 0 Å². The van der Waals surface area contributed by atoms with Crippen LogP contribution >= 0.6 is 0 Å². The molecule has 1 rings (SSSR count). The lowest BCUT2D eigenvalue weighted by atomic mass is 10.1. The highest BCUT2D eigenvalue weighted by molar-refractivity contribution is 5.87. The molecule has 5 nitrogen and oxygen atoms in total. The number of ether oxygens (including phenoxy) is 2. The molecule has 0 bridgehead atoms. The summed E-state index contributed by atoms with van der Waals surface area (Å²) in [5.41, 5.74) is 0. The molecule has 5 heteroatoms. The fourth-order valence-corrected chi connectivity index (χ4v) is 1.91. The molecule has 1 amide bonds. The molecule has 2 atom stereocenters. The summed E-state index contributed by atoms with van der Waals surface area (Å²) in [5, 5.41) is 2.70. The van der Waals surface area contributed by atoms with Crippen molar-refractivity contribution in [3.8, 4) is 0 Å². The number of methoxy groups -OCH3 is 1. The number of allylic oxidation sites excluding steroid dienone is 1. The zero-order valence-electron chi connectivity index (χ0n) is 10.8. The van der Waals surface area contributed by atoms with Gasteiger partial charge in [-0.25, -0.2) is 4.79 Å². The number of hydrogen-bond acceptors (Lipinski definition) is 4. The van der Waals surface area contributed by atoms with Gasteiger partial charge in [-0.15, -0.1) is 6.58 Å². The first-order chi connectivity index (χ1) is 8.69. The van der Waals surface area contributed by atoms with Crippen LogP contribution in [0, 0.1) is 0 Å². The van der Waals surface area contributed by atoms with E-state index in [1.54, 1.807) is 6.08 Å². The van der Waals surface area contributed by atoms with Crippen molar-refractivity contribution < 1.29 is 19.1 Å². The first-order valence-corrected chi connectivity index (χ1v) is 6.29. The number of nitrogens with one attached hydrogen (secondary N) is 1. The molecule has 102 valence electrons. The Morgan fingerprint density at radius 3 is 2.94 bits per heavy atom. The van der Waals surface area contributed by atoms with E-state index in [1.165, 1.54) is 7.11 Å². The van der Waals surface area contributed by atoms with Crippen molar-refractivity contribution in [1.82, 2.24) is 5.32 Å². The van der Waals surface area contributed by atoms with E-state index in [2.05, 4.69) is 16.6 Å². The number of carbonyl (C=O) groups is 2. The maximum atomic E-state index is 11.8. The Morgan fingerprint density at radius 2 is 2.39 bits per heavy atom. The minimum Gasteiger partial charge on any atom is -0.467 e. The quantitative estimate of drug-likeness (QED) is 0.421. The lowest BCUT2D eigenvalue weighted by molar-refractivity contribution is -0.146. The molecule has 1 saturated heterocycles. The maximum absolute atomic E-state index is 11.8. The SMILES string of the molecule is C=CCCC[C@H](NC(=O)[C@H]1CCCO1)C(=O)OC. The highest BCUT2D eigenvalue weighted by atomic mass is 16.5. The van der Waals surface area contributed by atoms with Gasteiger partial charge in [-0.2, -0.15) is 0 Å². The number of unbranched alkanes of at least 4 members (excludes halogenated alkanes) is 1. The van der Waals surface area contributed by atoms with Crippen LogP contribution < -0.4 is 5.32 Å². The molecule has 0 spiro atoms. The monoisotopic (exact) mass is 255 g/mol. The van der Waals surface area contributed by atoms with Crippen molar-refractivity contribution in [1.29, 1.82) is 0 Å². The molecule has 0 saturated carbocycles. The first-order valence-electron chi connectivity index (χ1n) is 6.29. The fourth-order valence-electron chi connectivity index (χ4n) is 1.91. The highest BCUT2D eigenvalue weighted by Gasteiger charge is 2.28. The molecule has 0 aromatic heterocycles. The van der Waals surface area contributed by atoms with Crippen molar-refractivity contribution in [2.24, 2.45) is 0 Å². The van der Waals surface area contributed by atoms with Gasteiger partial charge in [0.25, 0.3) is 0 Å². The van der Waals surface area contributed by atoms with E-state index in [4.69, 9.17) is 4.74 Å². The largest absolute Gasteiger partial charge is 0.467 e. The van der Waals surface area contributed by atoms with Gasteiger partial charge in [0.15, 0.2) is 0 Å². The van der Waals surface area contributed by atoms with E-state index in [0.29, 0.717) is 19.4 Å². The van der Waals surface area contributed by atoms with Crippen LogP contribution in [0.15, 0.2) is 12.7 Å². The van der Waals surface area contributed by atoms with Gasteiger partial charge >= 0.3 is 5.97 Å². The second-order valence-corrected chi connectivity index (χ2v) is 4.31. The Hall–Kier alpha value is -1.36. The third kappa shape index (κ3) is 4.49. The second-order valence-electron chi connectivity index (χ2n) is 4.31. The first kappa shape index (κ1) is 14.7. The lowest BCUT2D eigenvalue weighted by Crippen LogP contribution is -2.45. The van der Waals surface area contributed by atoms with Crippen molar-refractivity contribution in [2.45, 2.75) is 44.2 Å². The minimum absolute atomic E-state index is 0.221. The average Bonchev–Trinajstić information content (AvgIpc) is 2.90. The van der Waals surface area contributed by atoms with Crippen molar-refractivity contribution in [3.63, 3.8) is 0 Å². The van der Waals surface area contributed by atoms with Gasteiger partial charge in [-0.1, -0.05) is 6.08 Å². The van der Waals surface area contributed by atoms with Gasteiger partial charge in [0.2, 0.25) is 5.91 Å². The Bertz CT molecular complexity index is 297. The lowest BCUT2D eigenvalue weighted by Gasteiger charge is -2.18. The zero-order chi connectivity index (χ0) is 13.4. The molecule has 0 aromatic carbocycles. The third-order valence-electron chi connectivity index (χ3n) is 2.93. The number of rotatable bonds is 7. The third-order valence-corrected chi connectivity index (χ3v) is 2.93. The number of amides is 1. The van der Waals surface area contributed by atoms with E-state index in [-0.39, 0.29) is 5.91 Å². The summed E-state index contributed by atoms with van der Waals surface area (Å²) >= 11 is 0. The van der Waals surface area contributed by atoms with Crippen molar-refractivity contribution in [2.75, 3.05) is 13.7 Å². The topological polar surface area (TPSA) is 64.6 Å². The van der Waals surface area contributed by atoms with Gasteiger partial charge in [0.05, 0.1) is 7.11 Å². The van der Waals surface area contributed by atoms with Gasteiger partial charge in [0, 0.05) is 6.61 Å². The summed E-state index contributed by atoms with van der Waals surface area (Å²) < 4.78 is 9.96. The molecule has 1 fully saturated rings. The summed E-state index contributed by atoms with van der Waals surface area (Å²) in [6, 6.07) is -0.591. The second kappa shape index (κ2) is 7.87. The Morgan fingerprint density at radius 1 is 1.61 bits per heavy atom. The van der Waals surface area contributed by atoms with Gasteiger partial charge < -0.3 is 14.8 Å². The maximum Gasteiger partial charge on any atom is 0.328 e. The minimum atomic E-state index is -0.591. The molecular weight excluding hydrogens is 234 g/mol. The van der Waals surface area contributed by atoms with Crippen molar-refractivity contribution >= 4 is 11.9 Å². The summed E-state index contributed by atoms with van der Waals surface area (Å²) in [4.78, 5) is 23.4. The molecule has 0 aromatic rings. The van der Waals surface area contributed by atoms with E-state index in [9.17, 15) is 9.59 Å². The van der Waals surface area contributed by atoms with Crippen LogP contribution in [0.4, 0.5) is 0 Å². The average molecular weight is 255 g/mol. The van der Waals surface area contributed by atoms with Crippen LogP contribution in [-0.4, -0.2) is 37.7 Å². The van der Waals surface area contributed by atoms with Gasteiger partial charge in [-0.3, -0.25) is 4.79 Å². The highest BCUT2D eigenvalue weighted by Crippen LogP contribution is 2.13. The van der Waals surface area contributed by atoms with Crippen LogP contribution in [0.5, 0.6) is 0 Å². The number of esters is 1. The van der Waals surface area contributed by atoms with Gasteiger partial charge in [0.1, 0.15) is 12.1 Å². The molecule has 1 aliphatic heterocycles. The van der Waals surface area contributed by atoms with Crippen LogP contribution in [0.25, 0.3) is 0 Å². The predicted molar refractivity (Wildman–Crippen MR) is 67.0 cm³/mol. The smallest absolute Gasteiger partial charge is 0.328 e. The Kier molecular flexibility index (Phi) is 6.43. The predicted octanol–water partition coefficient (Wildman–Crippen LogP) is 1.18. The van der Waals surface area contributed by atoms with Gasteiger partial charge in [-0.05, 0) is 32.1 Å². The summed E-state index contributed by atoms with van der Waals surface area (Å²) in [7, 11) is 1.32. The van der Waals surface area contributed by atoms with Crippen LogP contribution in [0.1, 0.15) is 32.1 Å². The fraction of sp³-hybridized carbons (Fsp3) is 0.692. The number of hydrogen-bond donors (Lipinski definition) is 1. The molecule has 0 radical (unpaired) electrons.